The van der Waals surface area contributed by atoms with E-state index in [1.165, 1.54) is 18.9 Å². The lowest BCUT2D eigenvalue weighted by Crippen LogP contribution is -2.16. The van der Waals surface area contributed by atoms with Gasteiger partial charge >= 0.3 is 7.75 Å². The largest absolute Gasteiger partial charge is 0.434 e. The maximum Gasteiger partial charge on any atom is 0.434 e. The molecule has 4 aromatic rings. The van der Waals surface area contributed by atoms with Gasteiger partial charge in [-0.15, -0.1) is 0 Å². The maximum absolute atomic E-state index is 13.4. The van der Waals surface area contributed by atoms with Crippen molar-refractivity contribution in [3.8, 4) is 11.1 Å². The van der Waals surface area contributed by atoms with Gasteiger partial charge in [-0.25, -0.2) is 4.57 Å². The zero-order valence-corrected chi connectivity index (χ0v) is 18.0. The first kappa shape index (κ1) is 20.2. The first-order valence-corrected chi connectivity index (χ1v) is 10.7. The molecule has 0 aliphatic rings. The molecular weight excluding hydrogens is 403 g/mol. The lowest BCUT2D eigenvalue weighted by atomic mass is 10.1. The number of benzene rings is 1. The summed E-state index contributed by atoms with van der Waals surface area (Å²) >= 11 is 0. The number of pyridine rings is 1. The minimum absolute atomic E-state index is 0.164. The maximum atomic E-state index is 13.4. The van der Waals surface area contributed by atoms with Crippen LogP contribution in [0.4, 0.5) is 5.69 Å². The van der Waals surface area contributed by atoms with Gasteiger partial charge in [0.1, 0.15) is 0 Å². The third-order valence-electron chi connectivity index (χ3n) is 5.11. The predicted molar refractivity (Wildman–Crippen MR) is 118 cm³/mol. The molecule has 0 amide bonds. The summed E-state index contributed by atoms with van der Waals surface area (Å²) in [7, 11) is 2.58. The molecule has 2 heterocycles. The van der Waals surface area contributed by atoms with Gasteiger partial charge in [0.15, 0.2) is 5.43 Å². The summed E-state index contributed by atoms with van der Waals surface area (Å²) < 4.78 is 26.0. The highest BCUT2D eigenvalue weighted by atomic mass is 31.2. The van der Waals surface area contributed by atoms with Crippen molar-refractivity contribution in [2.75, 3.05) is 25.9 Å². The third kappa shape index (κ3) is 3.39. The van der Waals surface area contributed by atoms with E-state index in [1.54, 1.807) is 42.3 Å². The molecule has 0 bridgehead atoms. The molecule has 0 saturated heterocycles. The van der Waals surface area contributed by atoms with Crippen molar-refractivity contribution in [2.24, 2.45) is 7.05 Å². The van der Waals surface area contributed by atoms with Gasteiger partial charge in [0, 0.05) is 68.3 Å². The quantitative estimate of drug-likeness (QED) is 0.448. The van der Waals surface area contributed by atoms with Crippen molar-refractivity contribution in [3.63, 3.8) is 0 Å². The van der Waals surface area contributed by atoms with Crippen LogP contribution in [-0.4, -0.2) is 36.0 Å². The summed E-state index contributed by atoms with van der Waals surface area (Å²) in [4.78, 5) is 17.9. The normalized spacial score (nSPS) is 11.9. The number of aromatic nitrogens is 3. The molecule has 0 fully saturated rings. The summed E-state index contributed by atoms with van der Waals surface area (Å²) in [6.07, 6.45) is 5.33. The van der Waals surface area contributed by atoms with Crippen molar-refractivity contribution >= 4 is 35.1 Å². The van der Waals surface area contributed by atoms with E-state index in [0.29, 0.717) is 22.0 Å². The second kappa shape index (κ2) is 7.65. The molecule has 30 heavy (non-hydrogen) atoms. The van der Waals surface area contributed by atoms with E-state index < -0.39 is 7.75 Å². The lowest BCUT2D eigenvalue weighted by Gasteiger charge is -2.26. The topological polar surface area (TPSA) is 86.6 Å². The fourth-order valence-electron chi connectivity index (χ4n) is 3.38. The van der Waals surface area contributed by atoms with Crippen LogP contribution < -0.4 is 10.1 Å². The second-order valence-corrected chi connectivity index (χ2v) is 9.12. The average molecular weight is 424 g/mol. The van der Waals surface area contributed by atoms with Gasteiger partial charge in [-0.3, -0.25) is 28.2 Å². The molecule has 0 N–H and O–H groups in total. The monoisotopic (exact) mass is 424 g/mol. The number of aryl methyl sites for hydroxylation is 1. The number of rotatable bonds is 5. The van der Waals surface area contributed by atoms with E-state index in [-0.39, 0.29) is 5.43 Å². The van der Waals surface area contributed by atoms with Crippen LogP contribution in [0.1, 0.15) is 0 Å². The highest BCUT2D eigenvalue weighted by Crippen LogP contribution is 2.51. The van der Waals surface area contributed by atoms with Crippen molar-refractivity contribution < 1.29 is 13.6 Å². The smallest absolute Gasteiger partial charge is 0.296 e. The highest BCUT2D eigenvalue weighted by molar-refractivity contribution is 7.55. The number of hydrogen-bond acceptors (Lipinski definition) is 6. The summed E-state index contributed by atoms with van der Waals surface area (Å²) in [6.45, 7) is 0. The molecule has 0 saturated carbocycles. The standard InChI is InChI=1S/C21H21N4O4P/c1-24-13-16(12-23-24)15-9-19-20(22-11-15)8-6-14-5-7-17(10-18(14)21(19)26)25(2)30(27,28-3)29-4/h5-13H,1-4H3. The van der Waals surface area contributed by atoms with E-state index in [4.69, 9.17) is 9.05 Å². The molecule has 0 atom stereocenters. The van der Waals surface area contributed by atoms with Crippen molar-refractivity contribution in [1.82, 2.24) is 14.8 Å². The molecular formula is C21H21N4O4P. The number of fused-ring (bicyclic) bond motifs is 2. The molecule has 0 aliphatic carbocycles. The SMILES string of the molecule is COP(=O)(OC)N(C)c1ccc2ccc3ncc(-c4cnn(C)c4)cc3c(=O)c2c1. The molecule has 0 aliphatic heterocycles. The van der Waals surface area contributed by atoms with Gasteiger partial charge in [-0.2, -0.15) is 5.10 Å². The summed E-state index contributed by atoms with van der Waals surface area (Å²) in [5.74, 6) is 0. The first-order valence-electron chi connectivity index (χ1n) is 9.18. The Hall–Kier alpha value is -3.06. The molecule has 0 spiro atoms. The first-order chi connectivity index (χ1) is 14.4. The van der Waals surface area contributed by atoms with Crippen molar-refractivity contribution in [2.45, 2.75) is 0 Å². The molecule has 0 radical (unpaired) electrons. The molecule has 2 aromatic heterocycles. The lowest BCUT2D eigenvalue weighted by molar-refractivity contribution is 0.274. The zero-order chi connectivity index (χ0) is 21.5. The van der Waals surface area contributed by atoms with Crippen molar-refractivity contribution in [3.05, 3.63) is 65.2 Å². The van der Waals surface area contributed by atoms with Gasteiger partial charge in [-0.1, -0.05) is 12.1 Å². The van der Waals surface area contributed by atoms with E-state index in [2.05, 4.69) is 10.1 Å². The van der Waals surface area contributed by atoms with E-state index in [1.807, 2.05) is 31.4 Å². The van der Waals surface area contributed by atoms with Crippen LogP contribution in [-0.2, 0) is 20.7 Å². The molecule has 4 rings (SSSR count). The minimum Gasteiger partial charge on any atom is -0.296 e. The highest BCUT2D eigenvalue weighted by Gasteiger charge is 2.28. The molecule has 9 heteroatoms. The Labute approximate surface area is 173 Å². The van der Waals surface area contributed by atoms with E-state index in [9.17, 15) is 9.36 Å². The van der Waals surface area contributed by atoms with E-state index >= 15 is 0 Å². The van der Waals surface area contributed by atoms with Gasteiger partial charge in [0.05, 0.1) is 11.7 Å². The Balaban J connectivity index is 1.95. The number of anilines is 1. The fraction of sp³-hybridized carbons (Fsp3) is 0.190. The molecule has 0 unspecified atom stereocenters. The number of nitrogens with zero attached hydrogens (tertiary/aromatic N) is 4. The van der Waals surface area contributed by atoms with Crippen LogP contribution in [0.5, 0.6) is 0 Å². The Kier molecular flexibility index (Phi) is 5.15. The predicted octanol–water partition coefficient (Wildman–Crippen LogP) is 3.99. The molecule has 154 valence electrons. The second-order valence-electron chi connectivity index (χ2n) is 6.85. The third-order valence-corrected chi connectivity index (χ3v) is 6.99. The van der Waals surface area contributed by atoms with E-state index in [0.717, 1.165) is 16.5 Å². The van der Waals surface area contributed by atoms with Crippen LogP contribution >= 0.6 is 7.75 Å². The summed E-state index contributed by atoms with van der Waals surface area (Å²) in [6, 6.07) is 10.8. The summed E-state index contributed by atoms with van der Waals surface area (Å²) in [5, 5.41) is 5.91. The Bertz CT molecular complexity index is 1360. The van der Waals surface area contributed by atoms with Gasteiger partial charge < -0.3 is 0 Å². The minimum atomic E-state index is -3.49. The average Bonchev–Trinajstić information content (AvgIpc) is 3.16. The fourth-order valence-corrected chi connectivity index (χ4v) is 4.43. The van der Waals surface area contributed by atoms with Crippen LogP contribution in [0.25, 0.3) is 32.8 Å². The Morgan fingerprint density at radius 3 is 2.40 bits per heavy atom. The summed E-state index contributed by atoms with van der Waals surface area (Å²) in [5.41, 5.74) is 2.66. The van der Waals surface area contributed by atoms with Gasteiger partial charge in [-0.05, 0) is 29.7 Å². The zero-order valence-electron chi connectivity index (χ0n) is 17.1. The van der Waals surface area contributed by atoms with Crippen LogP contribution in [0.2, 0.25) is 0 Å². The van der Waals surface area contributed by atoms with Crippen LogP contribution in [0, 0.1) is 0 Å². The van der Waals surface area contributed by atoms with Gasteiger partial charge in [0.2, 0.25) is 0 Å². The Morgan fingerprint density at radius 2 is 1.73 bits per heavy atom. The number of hydrogen-bond donors (Lipinski definition) is 0. The Morgan fingerprint density at radius 1 is 1.00 bits per heavy atom. The van der Waals surface area contributed by atoms with Crippen LogP contribution in [0.3, 0.4) is 0 Å². The van der Waals surface area contributed by atoms with Gasteiger partial charge in [0.25, 0.3) is 0 Å². The van der Waals surface area contributed by atoms with Crippen LogP contribution in [0.15, 0.2) is 59.8 Å². The molecule has 8 nitrogen and oxygen atoms in total. The van der Waals surface area contributed by atoms with Crippen molar-refractivity contribution in [1.29, 1.82) is 0 Å². The molecule has 2 aromatic carbocycles.